The Balaban J connectivity index is 1.72. The molecule has 11 nitrogen and oxygen atoms in total. The van der Waals surface area contributed by atoms with Crippen LogP contribution in [0.2, 0.25) is 5.02 Å². The lowest BCUT2D eigenvalue weighted by Crippen LogP contribution is -2.63. The molecule has 3 aliphatic heterocycles. The van der Waals surface area contributed by atoms with Crippen LogP contribution in [-0.2, 0) is 35.0 Å². The number of allylic oxidation sites excluding steroid dienone is 4. The van der Waals surface area contributed by atoms with Crippen molar-refractivity contribution >= 4 is 35.3 Å². The van der Waals surface area contributed by atoms with Crippen molar-refractivity contribution < 1.29 is 38.4 Å². The van der Waals surface area contributed by atoms with Gasteiger partial charge in [0.1, 0.15) is 30.0 Å². The van der Waals surface area contributed by atoms with Crippen molar-refractivity contribution in [2.45, 2.75) is 129 Å². The van der Waals surface area contributed by atoms with E-state index in [-0.39, 0.29) is 24.2 Å². The van der Waals surface area contributed by atoms with Crippen molar-refractivity contribution in [3.63, 3.8) is 0 Å². The maximum atomic E-state index is 14.1. The normalized spacial score (nSPS) is 32.0. The molecule has 52 heavy (non-hydrogen) atoms. The molecule has 0 unspecified atom stereocenters. The van der Waals surface area contributed by atoms with Crippen LogP contribution < -0.4 is 10.2 Å². The first-order chi connectivity index (χ1) is 24.1. The lowest BCUT2D eigenvalue weighted by molar-refractivity contribution is -0.158. The summed E-state index contributed by atoms with van der Waals surface area (Å²) in [5.74, 6) is -1.32. The van der Waals surface area contributed by atoms with Gasteiger partial charge in [0, 0.05) is 39.2 Å². The van der Waals surface area contributed by atoms with Gasteiger partial charge < -0.3 is 33.9 Å². The second kappa shape index (κ2) is 15.9. The number of aryl methyl sites for hydroxylation is 1. The zero-order chi connectivity index (χ0) is 38.9. The first kappa shape index (κ1) is 41.4. The van der Waals surface area contributed by atoms with E-state index < -0.39 is 59.8 Å². The molecule has 0 radical (unpaired) electrons. The fourth-order valence-electron chi connectivity index (χ4n) is 7.01. The number of fused-ring (bicyclic) bond motifs is 5. The van der Waals surface area contributed by atoms with Crippen LogP contribution in [0, 0.1) is 18.3 Å². The van der Waals surface area contributed by atoms with Crippen LogP contribution in [-0.4, -0.2) is 91.0 Å². The number of ether oxygens (including phenoxy) is 4. The van der Waals surface area contributed by atoms with Gasteiger partial charge in [-0.2, -0.15) is 0 Å². The number of rotatable bonds is 7. The van der Waals surface area contributed by atoms with Gasteiger partial charge in [0.2, 0.25) is 5.91 Å². The number of benzene rings is 1. The van der Waals surface area contributed by atoms with Crippen molar-refractivity contribution in [1.82, 2.24) is 10.2 Å². The Bertz CT molecular complexity index is 1600. The van der Waals surface area contributed by atoms with Crippen LogP contribution >= 0.6 is 11.6 Å². The number of aliphatic hydroxyl groups is 1. The Kier molecular flexibility index (Phi) is 12.7. The molecule has 2 saturated heterocycles. The van der Waals surface area contributed by atoms with Crippen LogP contribution in [0.1, 0.15) is 85.3 Å². The highest BCUT2D eigenvalue weighted by molar-refractivity contribution is 6.34. The summed E-state index contributed by atoms with van der Waals surface area (Å²) in [6, 6.07) is 3.18. The highest BCUT2D eigenvalue weighted by atomic mass is 35.5. The minimum atomic E-state index is -1.78. The van der Waals surface area contributed by atoms with Gasteiger partial charge in [0.05, 0.1) is 23.2 Å². The summed E-state index contributed by atoms with van der Waals surface area (Å²) in [7, 11) is 4.93. The molecule has 0 saturated carbocycles. The number of carbonyl (C=O) groups excluding carboxylic acids is 3. The number of amides is 2. The largest absolute Gasteiger partial charge is 0.457 e. The number of esters is 1. The van der Waals surface area contributed by atoms with Crippen LogP contribution in [0.3, 0.4) is 0 Å². The number of halogens is 1. The van der Waals surface area contributed by atoms with E-state index in [0.29, 0.717) is 23.6 Å². The molecule has 0 aliphatic carbocycles. The molecule has 2 amide bonds. The number of alkyl carbamates (subject to hydrolysis) is 1. The summed E-state index contributed by atoms with van der Waals surface area (Å²) in [4.78, 5) is 44.2. The Morgan fingerprint density at radius 3 is 2.58 bits per heavy atom. The van der Waals surface area contributed by atoms with Gasteiger partial charge in [-0.15, -0.1) is 0 Å². The summed E-state index contributed by atoms with van der Waals surface area (Å²) < 4.78 is 23.9. The number of anilines is 1. The second-order valence-corrected chi connectivity index (χ2v) is 16.6. The molecule has 12 heteroatoms. The average molecular weight is 744 g/mol. The van der Waals surface area contributed by atoms with Gasteiger partial charge in [-0.25, -0.2) is 9.59 Å². The maximum absolute atomic E-state index is 14.1. The van der Waals surface area contributed by atoms with Crippen LogP contribution in [0.25, 0.3) is 0 Å². The fraction of sp³-hybridized carbons (Fsp3) is 0.625. The Labute approximate surface area is 314 Å². The van der Waals surface area contributed by atoms with Gasteiger partial charge in [-0.05, 0) is 69.6 Å². The fourth-order valence-corrected chi connectivity index (χ4v) is 7.24. The van der Waals surface area contributed by atoms with Gasteiger partial charge in [-0.3, -0.25) is 10.1 Å². The summed E-state index contributed by atoms with van der Waals surface area (Å²) in [5.41, 5.74) is 1.29. The van der Waals surface area contributed by atoms with Crippen molar-refractivity contribution in [2.24, 2.45) is 11.3 Å². The molecule has 3 aliphatic rings. The molecule has 2 N–H and O–H groups in total. The third kappa shape index (κ3) is 9.40. The molecular formula is C40H58ClN3O8. The van der Waals surface area contributed by atoms with Crippen molar-refractivity contribution in [1.29, 1.82) is 0 Å². The first-order valence-electron chi connectivity index (χ1n) is 18.0. The van der Waals surface area contributed by atoms with Gasteiger partial charge in [-0.1, -0.05) is 75.7 Å². The Morgan fingerprint density at radius 1 is 1.27 bits per heavy atom. The SMILES string of the molecule is C=C(CCC(C)(C)C)N(C)[C@@H](C)C(=O)O[C@H]1CC(=O)N(C)c2cc(cc(C)c2Cl)C/C(C)=C/C=C/[C@@H](OC)[C@@]2(O)C[C@H](OC(=O)N2)[C@@H](C)[C@@H]2O[C@@]12C. The first-order valence-corrected chi connectivity index (χ1v) is 18.4. The number of carbonyl (C=O) groups is 3. The Hall–Kier alpha value is -3.38. The summed E-state index contributed by atoms with van der Waals surface area (Å²) in [6.45, 7) is 19.9. The molecule has 2 fully saturated rings. The number of nitrogens with one attached hydrogen (secondary N) is 1. The molecule has 3 heterocycles. The van der Waals surface area contributed by atoms with E-state index in [2.05, 4.69) is 32.7 Å². The molecule has 8 atom stereocenters. The second-order valence-electron chi connectivity index (χ2n) is 16.3. The minimum Gasteiger partial charge on any atom is -0.457 e. The summed E-state index contributed by atoms with van der Waals surface area (Å²) in [6.07, 6.45) is 3.27. The van der Waals surface area contributed by atoms with Crippen LogP contribution in [0.15, 0.2) is 48.2 Å². The van der Waals surface area contributed by atoms with E-state index in [1.807, 2.05) is 50.9 Å². The lowest BCUT2D eigenvalue weighted by atomic mass is 9.83. The molecule has 4 bridgehead atoms. The number of nitrogens with zero attached hydrogens (tertiary/aromatic N) is 2. The zero-order valence-corrected chi connectivity index (χ0v) is 33.4. The van der Waals surface area contributed by atoms with Gasteiger partial charge >= 0.3 is 12.1 Å². The van der Waals surface area contributed by atoms with Crippen molar-refractivity contribution in [3.05, 3.63) is 64.4 Å². The standard InChI is InChI=1S/C40H58ClN3O8/c1-23-14-13-15-31(49-12)40(48)22-30(50-37(47)42-40)26(4)35-39(9,52-35)32(51-36(46)27(5)43(10)25(3)16-17-38(6,7)8)21-33(45)44(11)29-20-28(18-23)19-24(2)34(29)41/h13-15,19-20,26-27,30-32,35,48H,3,16-18,21-22H2,1-2,4-12H3,(H,42,47)/b15-13+,23-14+/t26-,27+,30+,31-,32+,35+,39+,40+/m1/s1. The monoisotopic (exact) mass is 743 g/mol. The number of epoxide rings is 1. The number of methoxy groups -OCH3 is 1. The van der Waals surface area contributed by atoms with E-state index in [9.17, 15) is 19.5 Å². The minimum absolute atomic E-state index is 0.00434. The van der Waals surface area contributed by atoms with Gasteiger partial charge in [0.15, 0.2) is 5.72 Å². The molecule has 0 aromatic heterocycles. The Morgan fingerprint density at radius 2 is 1.94 bits per heavy atom. The quantitative estimate of drug-likeness (QED) is 0.234. The smallest absolute Gasteiger partial charge is 0.409 e. The van der Waals surface area contributed by atoms with E-state index in [1.165, 1.54) is 12.0 Å². The van der Waals surface area contributed by atoms with E-state index in [1.54, 1.807) is 33.0 Å². The van der Waals surface area contributed by atoms with Crippen molar-refractivity contribution in [2.75, 3.05) is 26.1 Å². The molecule has 1 aromatic carbocycles. The molecule has 288 valence electrons. The molecule has 0 spiro atoms. The summed E-state index contributed by atoms with van der Waals surface area (Å²) >= 11 is 6.80. The van der Waals surface area contributed by atoms with E-state index in [0.717, 1.165) is 28.8 Å². The molecular weight excluding hydrogens is 686 g/mol. The highest BCUT2D eigenvalue weighted by Crippen LogP contribution is 2.49. The third-order valence-electron chi connectivity index (χ3n) is 10.8. The number of likely N-dealkylation sites (N-methyl/N-ethyl adjacent to an activating group) is 1. The zero-order valence-electron chi connectivity index (χ0n) is 32.7. The molecule has 4 rings (SSSR count). The van der Waals surface area contributed by atoms with Crippen molar-refractivity contribution in [3.8, 4) is 0 Å². The third-order valence-corrected chi connectivity index (χ3v) is 11.3. The highest BCUT2D eigenvalue weighted by Gasteiger charge is 2.64. The number of hydrogen-bond donors (Lipinski definition) is 2. The lowest BCUT2D eigenvalue weighted by Gasteiger charge is -2.42. The van der Waals surface area contributed by atoms with E-state index in [4.69, 9.17) is 30.5 Å². The average Bonchev–Trinajstić information content (AvgIpc) is 3.76. The van der Waals surface area contributed by atoms with E-state index >= 15 is 0 Å². The predicted octanol–water partition coefficient (Wildman–Crippen LogP) is 6.63. The van der Waals surface area contributed by atoms with Crippen LogP contribution in [0.5, 0.6) is 0 Å². The maximum Gasteiger partial charge on any atom is 0.409 e. The molecule has 1 aromatic rings. The summed E-state index contributed by atoms with van der Waals surface area (Å²) in [5, 5.41) is 14.7. The van der Waals surface area contributed by atoms with Gasteiger partial charge in [0.25, 0.3) is 0 Å². The predicted molar refractivity (Wildman–Crippen MR) is 202 cm³/mol. The topological polar surface area (TPSA) is 130 Å². The number of hydrogen-bond acceptors (Lipinski definition) is 9. The van der Waals surface area contributed by atoms with Crippen LogP contribution in [0.4, 0.5) is 10.5 Å².